The van der Waals surface area contributed by atoms with Crippen molar-refractivity contribution in [3.05, 3.63) is 91.4 Å². The van der Waals surface area contributed by atoms with E-state index in [4.69, 9.17) is 4.74 Å². The summed E-state index contributed by atoms with van der Waals surface area (Å²) in [5.41, 5.74) is 2.82. The highest BCUT2D eigenvalue weighted by Gasteiger charge is 2.37. The number of halogens is 2. The molecular weight excluding hydrogens is 662 g/mol. The van der Waals surface area contributed by atoms with Crippen molar-refractivity contribution in [3.63, 3.8) is 0 Å². The van der Waals surface area contributed by atoms with E-state index in [0.29, 0.717) is 20.2 Å². The number of nitrogens with zero attached hydrogens (tertiary/aromatic N) is 1. The van der Waals surface area contributed by atoms with Gasteiger partial charge in [-0.3, -0.25) is 19.7 Å². The van der Waals surface area contributed by atoms with Crippen LogP contribution in [0, 0.1) is 13.8 Å². The third-order valence-electron chi connectivity index (χ3n) is 6.00. The van der Waals surface area contributed by atoms with Gasteiger partial charge < -0.3 is 14.8 Å². The predicted molar refractivity (Wildman–Crippen MR) is 159 cm³/mol. The van der Waals surface area contributed by atoms with E-state index < -0.39 is 29.7 Å². The fraction of sp³-hybridized carbons (Fsp3) is 0.138. The first-order valence-electron chi connectivity index (χ1n) is 12.1. The number of urea groups is 1. The number of carbonyl (C=O) groups is 5. The zero-order valence-electron chi connectivity index (χ0n) is 22.0. The molecule has 3 aromatic carbocycles. The quantitative estimate of drug-likeness (QED) is 0.196. The number of anilines is 2. The van der Waals surface area contributed by atoms with Gasteiger partial charge in [-0.1, -0.05) is 28.1 Å². The maximum Gasteiger partial charge on any atom is 0.337 e. The first-order valence-corrected chi connectivity index (χ1v) is 13.7. The van der Waals surface area contributed by atoms with Crippen LogP contribution in [0.4, 0.5) is 16.2 Å². The van der Waals surface area contributed by atoms with Crippen molar-refractivity contribution in [1.82, 2.24) is 5.32 Å². The summed E-state index contributed by atoms with van der Waals surface area (Å²) < 4.78 is 11.5. The highest BCUT2D eigenvalue weighted by Crippen LogP contribution is 2.35. The molecule has 210 valence electrons. The van der Waals surface area contributed by atoms with E-state index in [9.17, 15) is 24.0 Å². The minimum absolute atomic E-state index is 0.133. The molecule has 2 N–H and O–H groups in total. The molecule has 1 heterocycles. The lowest BCUT2D eigenvalue weighted by molar-refractivity contribution is -0.122. The predicted octanol–water partition coefficient (Wildman–Crippen LogP) is 5.30. The number of methoxy groups -OCH3 is 1. The van der Waals surface area contributed by atoms with Gasteiger partial charge in [0.05, 0.1) is 22.8 Å². The van der Waals surface area contributed by atoms with Crippen molar-refractivity contribution >= 4 is 79.0 Å². The smallest absolute Gasteiger partial charge is 0.337 e. The molecule has 1 aliphatic heterocycles. The van der Waals surface area contributed by atoms with Crippen molar-refractivity contribution in [2.45, 2.75) is 13.8 Å². The standard InChI is InChI=1S/C29H23Br2N3O7/c1-15-4-5-16(2)23(10-15)32-24(35)14-41-25-18(11-19(30)13-22(25)31)12-21-26(36)33-29(39)34(27(21)37)20-8-6-17(7-9-20)28(38)40-3/h4-13H,14H2,1-3H3,(H,32,35)(H,33,36,39)/b21-12-. The Hall–Kier alpha value is -4.29. The molecule has 0 spiro atoms. The number of hydrogen-bond donors (Lipinski definition) is 2. The first-order chi connectivity index (χ1) is 19.5. The number of imide groups is 2. The maximum atomic E-state index is 13.4. The number of nitrogens with one attached hydrogen (secondary N) is 2. The molecule has 41 heavy (non-hydrogen) atoms. The Labute approximate surface area is 251 Å². The molecule has 10 nitrogen and oxygen atoms in total. The number of barbiturate groups is 1. The number of benzene rings is 3. The van der Waals surface area contributed by atoms with Crippen LogP contribution in [0.5, 0.6) is 5.75 Å². The lowest BCUT2D eigenvalue weighted by atomic mass is 10.1. The second-order valence-electron chi connectivity index (χ2n) is 8.96. The van der Waals surface area contributed by atoms with Gasteiger partial charge in [-0.2, -0.15) is 0 Å². The first kappa shape index (κ1) is 29.7. The maximum absolute atomic E-state index is 13.4. The third-order valence-corrected chi connectivity index (χ3v) is 7.05. The molecule has 1 aliphatic rings. The molecule has 4 rings (SSSR count). The summed E-state index contributed by atoms with van der Waals surface area (Å²) in [6.45, 7) is 3.43. The second kappa shape index (κ2) is 12.5. The highest BCUT2D eigenvalue weighted by molar-refractivity contribution is 9.11. The molecular formula is C29H23Br2N3O7. The summed E-state index contributed by atoms with van der Waals surface area (Å²) in [6.07, 6.45) is 1.27. The fourth-order valence-electron chi connectivity index (χ4n) is 3.95. The second-order valence-corrected chi connectivity index (χ2v) is 10.7. The lowest BCUT2D eigenvalue weighted by Gasteiger charge is -2.26. The molecule has 1 fully saturated rings. The van der Waals surface area contributed by atoms with Crippen LogP contribution in [0.1, 0.15) is 27.0 Å². The molecule has 0 saturated carbocycles. The molecule has 0 radical (unpaired) electrons. The molecule has 0 unspecified atom stereocenters. The van der Waals surface area contributed by atoms with E-state index in [2.05, 4.69) is 47.2 Å². The number of ether oxygens (including phenoxy) is 2. The summed E-state index contributed by atoms with van der Waals surface area (Å²) >= 11 is 6.79. The molecule has 0 aromatic heterocycles. The van der Waals surface area contributed by atoms with Crippen LogP contribution in [0.25, 0.3) is 6.08 Å². The molecule has 3 aromatic rings. The third kappa shape index (κ3) is 6.72. The van der Waals surface area contributed by atoms with Gasteiger partial charge in [0.15, 0.2) is 6.61 Å². The number of hydrogen-bond acceptors (Lipinski definition) is 7. The topological polar surface area (TPSA) is 131 Å². The van der Waals surface area contributed by atoms with Gasteiger partial charge >= 0.3 is 12.0 Å². The van der Waals surface area contributed by atoms with Gasteiger partial charge in [-0.15, -0.1) is 0 Å². The number of amides is 5. The van der Waals surface area contributed by atoms with E-state index in [1.54, 1.807) is 12.1 Å². The van der Waals surface area contributed by atoms with Gasteiger partial charge in [-0.25, -0.2) is 14.5 Å². The van der Waals surface area contributed by atoms with Crippen molar-refractivity contribution < 1.29 is 33.4 Å². The van der Waals surface area contributed by atoms with E-state index >= 15 is 0 Å². The molecule has 0 bridgehead atoms. The average Bonchev–Trinajstić information content (AvgIpc) is 2.92. The number of rotatable bonds is 7. The number of carbonyl (C=O) groups excluding carboxylic acids is 5. The van der Waals surface area contributed by atoms with Gasteiger partial charge in [0.25, 0.3) is 17.7 Å². The highest BCUT2D eigenvalue weighted by atomic mass is 79.9. The molecule has 0 aliphatic carbocycles. The summed E-state index contributed by atoms with van der Waals surface area (Å²) in [5, 5.41) is 4.97. The van der Waals surface area contributed by atoms with Gasteiger partial charge in [0.1, 0.15) is 11.3 Å². The van der Waals surface area contributed by atoms with E-state index in [1.807, 2.05) is 32.0 Å². The molecule has 0 atom stereocenters. The Balaban J connectivity index is 1.62. The Morgan fingerprint density at radius 3 is 2.39 bits per heavy atom. The summed E-state index contributed by atoms with van der Waals surface area (Å²) in [4.78, 5) is 64.0. The Bertz CT molecular complexity index is 1620. The van der Waals surface area contributed by atoms with Crippen LogP contribution in [0.3, 0.4) is 0 Å². The monoisotopic (exact) mass is 683 g/mol. The van der Waals surface area contributed by atoms with E-state index in [0.717, 1.165) is 16.0 Å². The van der Waals surface area contributed by atoms with Gasteiger partial charge in [-0.05, 0) is 89.4 Å². The largest absolute Gasteiger partial charge is 0.482 e. The number of esters is 1. The Kier molecular flexibility index (Phi) is 9.04. The van der Waals surface area contributed by atoms with Gasteiger partial charge in [0, 0.05) is 15.7 Å². The van der Waals surface area contributed by atoms with Crippen molar-refractivity contribution in [2.75, 3.05) is 23.9 Å². The SMILES string of the molecule is COC(=O)c1ccc(N2C(=O)NC(=O)/C(=C/c3cc(Br)cc(Br)c3OCC(=O)Nc3cc(C)ccc3C)C2=O)cc1. The normalized spacial score (nSPS) is 14.1. The molecule has 12 heteroatoms. The summed E-state index contributed by atoms with van der Waals surface area (Å²) in [5.74, 6) is -2.59. The average molecular weight is 685 g/mol. The van der Waals surface area contributed by atoms with Crippen LogP contribution >= 0.6 is 31.9 Å². The zero-order chi connectivity index (χ0) is 29.8. The molecule has 1 saturated heterocycles. The zero-order valence-corrected chi connectivity index (χ0v) is 25.2. The lowest BCUT2D eigenvalue weighted by Crippen LogP contribution is -2.54. The van der Waals surface area contributed by atoms with E-state index in [1.165, 1.54) is 37.5 Å². The van der Waals surface area contributed by atoms with Crippen LogP contribution in [0.2, 0.25) is 0 Å². The minimum Gasteiger partial charge on any atom is -0.482 e. The molecule has 5 amide bonds. The van der Waals surface area contributed by atoms with Gasteiger partial charge in [0.2, 0.25) is 0 Å². The van der Waals surface area contributed by atoms with Crippen molar-refractivity contribution in [2.24, 2.45) is 0 Å². The minimum atomic E-state index is -0.946. The summed E-state index contributed by atoms with van der Waals surface area (Å²) in [7, 11) is 1.23. The van der Waals surface area contributed by atoms with Crippen molar-refractivity contribution in [3.8, 4) is 5.75 Å². The van der Waals surface area contributed by atoms with Crippen LogP contribution in [-0.4, -0.2) is 43.4 Å². The van der Waals surface area contributed by atoms with Crippen LogP contribution in [0.15, 0.2) is 69.1 Å². The summed E-state index contributed by atoms with van der Waals surface area (Å²) in [6, 6.07) is 13.6. The van der Waals surface area contributed by atoms with Crippen LogP contribution < -0.4 is 20.3 Å². The Morgan fingerprint density at radius 1 is 1.00 bits per heavy atom. The van der Waals surface area contributed by atoms with Crippen LogP contribution in [-0.2, 0) is 19.1 Å². The van der Waals surface area contributed by atoms with Crippen molar-refractivity contribution in [1.29, 1.82) is 0 Å². The van der Waals surface area contributed by atoms with E-state index in [-0.39, 0.29) is 29.2 Å². The Morgan fingerprint density at radius 2 is 1.71 bits per heavy atom. The fourth-order valence-corrected chi connectivity index (χ4v) is 5.32. The number of aryl methyl sites for hydroxylation is 2.